The molecule has 0 spiro atoms. The molecule has 0 fully saturated rings. The number of benzene rings is 8. The number of hydrogen-bond donors (Lipinski definition) is 0. The van der Waals surface area contributed by atoms with Gasteiger partial charge in [0.1, 0.15) is 0 Å². The van der Waals surface area contributed by atoms with Gasteiger partial charge in [0.25, 0.3) is 0 Å². The first kappa shape index (κ1) is 32.7. The Labute approximate surface area is 330 Å². The fourth-order valence-electron chi connectivity index (χ4n) is 8.22. The van der Waals surface area contributed by atoms with E-state index in [1.165, 1.54) is 27.2 Å². The summed E-state index contributed by atoms with van der Waals surface area (Å²) in [7, 11) is 0. The van der Waals surface area contributed by atoms with Gasteiger partial charge in [-0.3, -0.25) is 0 Å². The first-order valence-electron chi connectivity index (χ1n) is 19.3. The number of nitrogens with zero attached hydrogens (tertiary/aromatic N) is 4. The molecule has 11 aromatic rings. The van der Waals surface area contributed by atoms with Gasteiger partial charge >= 0.3 is 0 Å². The molecule has 0 aliphatic carbocycles. The van der Waals surface area contributed by atoms with Gasteiger partial charge in [0.05, 0.1) is 33.6 Å². The Morgan fingerprint density at radius 2 is 0.860 bits per heavy atom. The third-order valence-electron chi connectivity index (χ3n) is 11.0. The molecule has 0 N–H and O–H groups in total. The predicted molar refractivity (Wildman–Crippen MR) is 236 cm³/mol. The molecule has 0 bridgehead atoms. The Morgan fingerprint density at radius 3 is 1.56 bits per heavy atom. The molecule has 0 aliphatic heterocycles. The summed E-state index contributed by atoms with van der Waals surface area (Å²) in [6, 6.07) is 72.6. The molecule has 11 rings (SSSR count). The number of rotatable bonds is 6. The zero-order valence-corrected chi connectivity index (χ0v) is 30.9. The van der Waals surface area contributed by atoms with Gasteiger partial charge in [-0.05, 0) is 59.0 Å². The Balaban J connectivity index is 1.06. The van der Waals surface area contributed by atoms with E-state index in [9.17, 15) is 0 Å². The van der Waals surface area contributed by atoms with Crippen molar-refractivity contribution in [2.75, 3.05) is 0 Å². The van der Waals surface area contributed by atoms with Crippen LogP contribution in [0.5, 0.6) is 0 Å². The summed E-state index contributed by atoms with van der Waals surface area (Å²) in [5, 5.41) is 5.89. The van der Waals surface area contributed by atoms with Crippen LogP contribution in [0.25, 0.3) is 105 Å². The molecule has 8 aromatic carbocycles. The van der Waals surface area contributed by atoms with Crippen molar-refractivity contribution in [2.24, 2.45) is 0 Å². The van der Waals surface area contributed by atoms with Crippen molar-refractivity contribution in [3.63, 3.8) is 0 Å². The van der Waals surface area contributed by atoms with E-state index in [0.29, 0.717) is 5.82 Å². The van der Waals surface area contributed by atoms with Crippen LogP contribution >= 0.6 is 0 Å². The fourth-order valence-corrected chi connectivity index (χ4v) is 8.22. The van der Waals surface area contributed by atoms with Gasteiger partial charge in [-0.1, -0.05) is 164 Å². The van der Waals surface area contributed by atoms with E-state index in [-0.39, 0.29) is 0 Å². The van der Waals surface area contributed by atoms with Crippen molar-refractivity contribution < 1.29 is 0 Å². The minimum atomic E-state index is 0.708. The van der Waals surface area contributed by atoms with Crippen molar-refractivity contribution in [3.8, 4) is 62.0 Å². The first-order chi connectivity index (χ1) is 28.2. The molecule has 0 saturated carbocycles. The monoisotopic (exact) mass is 726 g/mol. The number of para-hydroxylation sites is 2. The molecule has 3 heterocycles. The van der Waals surface area contributed by atoms with Gasteiger partial charge in [-0.15, -0.1) is 0 Å². The van der Waals surface area contributed by atoms with E-state index in [4.69, 9.17) is 15.0 Å². The molecular weight excluding hydrogens is 693 g/mol. The summed E-state index contributed by atoms with van der Waals surface area (Å²) in [6.07, 6.45) is 0. The summed E-state index contributed by atoms with van der Waals surface area (Å²) in [4.78, 5) is 15.5. The molecule has 0 radical (unpaired) electrons. The van der Waals surface area contributed by atoms with E-state index in [1.54, 1.807) is 0 Å². The van der Waals surface area contributed by atoms with Gasteiger partial charge in [-0.2, -0.15) is 0 Å². The summed E-state index contributed by atoms with van der Waals surface area (Å²) >= 11 is 0. The lowest BCUT2D eigenvalue weighted by molar-refractivity contribution is 1.18. The topological polar surface area (TPSA) is 43.6 Å². The highest BCUT2D eigenvalue weighted by molar-refractivity contribution is 6.20. The lowest BCUT2D eigenvalue weighted by atomic mass is 9.95. The molecule has 4 heteroatoms. The molecule has 0 amide bonds. The molecule has 3 aromatic heterocycles. The molecule has 4 nitrogen and oxygen atoms in total. The summed E-state index contributed by atoms with van der Waals surface area (Å²) in [5.41, 5.74) is 13.6. The third-order valence-corrected chi connectivity index (χ3v) is 11.0. The van der Waals surface area contributed by atoms with Crippen LogP contribution in [0, 0.1) is 0 Å². The highest BCUT2D eigenvalue weighted by atomic mass is 15.0. The second-order valence-electron chi connectivity index (χ2n) is 14.4. The maximum absolute atomic E-state index is 5.43. The summed E-state index contributed by atoms with van der Waals surface area (Å²) < 4.78 is 2.39. The maximum Gasteiger partial charge on any atom is 0.160 e. The molecule has 0 saturated heterocycles. The normalized spacial score (nSPS) is 11.5. The SMILES string of the molecule is c1ccc(-c2cc(-c3ccc(-c4ccc5c(c4)nc(-c4ccccc4)c4cc6c7ccccc7n(-c7ccccc7)c6cc45)cc3)nc(-c3ccccc3)n2)cc1. The van der Waals surface area contributed by atoms with Gasteiger partial charge in [-0.25, -0.2) is 15.0 Å². The largest absolute Gasteiger partial charge is 0.309 e. The van der Waals surface area contributed by atoms with Crippen LogP contribution in [-0.4, -0.2) is 19.5 Å². The van der Waals surface area contributed by atoms with Gasteiger partial charge in [0.15, 0.2) is 5.82 Å². The first-order valence-corrected chi connectivity index (χ1v) is 19.3. The van der Waals surface area contributed by atoms with Crippen LogP contribution in [0.2, 0.25) is 0 Å². The highest BCUT2D eigenvalue weighted by Crippen LogP contribution is 2.41. The van der Waals surface area contributed by atoms with E-state index < -0.39 is 0 Å². The van der Waals surface area contributed by atoms with E-state index in [0.717, 1.165) is 72.4 Å². The van der Waals surface area contributed by atoms with Gasteiger partial charge in [0, 0.05) is 49.5 Å². The summed E-state index contributed by atoms with van der Waals surface area (Å²) in [6.45, 7) is 0. The Hall–Kier alpha value is -7.69. The number of hydrogen-bond acceptors (Lipinski definition) is 3. The average molecular weight is 727 g/mol. The van der Waals surface area contributed by atoms with E-state index >= 15 is 0 Å². The minimum absolute atomic E-state index is 0.708. The second-order valence-corrected chi connectivity index (χ2v) is 14.4. The van der Waals surface area contributed by atoms with Gasteiger partial charge < -0.3 is 4.57 Å². The zero-order chi connectivity index (χ0) is 37.7. The molecule has 0 unspecified atom stereocenters. The second kappa shape index (κ2) is 13.6. The molecule has 57 heavy (non-hydrogen) atoms. The number of pyridine rings is 1. The lowest BCUT2D eigenvalue weighted by Gasteiger charge is -2.14. The van der Waals surface area contributed by atoms with Crippen molar-refractivity contribution in [2.45, 2.75) is 0 Å². The fraction of sp³-hybridized carbons (Fsp3) is 0. The van der Waals surface area contributed by atoms with E-state index in [2.05, 4.69) is 174 Å². The average Bonchev–Trinajstić information content (AvgIpc) is 3.62. The highest BCUT2D eigenvalue weighted by Gasteiger charge is 2.18. The molecule has 266 valence electrons. The van der Waals surface area contributed by atoms with Crippen molar-refractivity contribution in [3.05, 3.63) is 206 Å². The van der Waals surface area contributed by atoms with Crippen LogP contribution in [0.3, 0.4) is 0 Å². The molecule has 0 aliphatic rings. The van der Waals surface area contributed by atoms with Gasteiger partial charge in [0.2, 0.25) is 0 Å². The summed E-state index contributed by atoms with van der Waals surface area (Å²) in [5.74, 6) is 0.708. The van der Waals surface area contributed by atoms with Crippen LogP contribution < -0.4 is 0 Å². The van der Waals surface area contributed by atoms with Crippen LogP contribution in [0.4, 0.5) is 0 Å². The van der Waals surface area contributed by atoms with Crippen molar-refractivity contribution in [1.29, 1.82) is 0 Å². The van der Waals surface area contributed by atoms with Crippen LogP contribution in [0.15, 0.2) is 206 Å². The van der Waals surface area contributed by atoms with Crippen LogP contribution in [0.1, 0.15) is 0 Å². The Kier molecular flexibility index (Phi) is 7.78. The standard InChI is InChI=1S/C53H34N4/c1-5-15-36(16-6-1)47-34-48(56-53(55-47)39-19-9-3-10-20-39)37-27-25-35(26-28-37)40-29-30-42-44-33-51-45(32-46(44)52(54-49(42)31-40)38-17-7-2-8-18-38)43-23-13-14-24-50(43)57(51)41-21-11-4-12-22-41/h1-34H. The quantitative estimate of drug-likeness (QED) is 0.160. The number of aromatic nitrogens is 4. The van der Waals surface area contributed by atoms with Crippen molar-refractivity contribution >= 4 is 43.5 Å². The Morgan fingerprint density at radius 1 is 0.298 bits per heavy atom. The molecular formula is C53H34N4. The minimum Gasteiger partial charge on any atom is -0.309 e. The lowest BCUT2D eigenvalue weighted by Crippen LogP contribution is -1.96. The number of fused-ring (bicyclic) bond motifs is 6. The predicted octanol–water partition coefficient (Wildman–Crippen LogP) is 13.6. The van der Waals surface area contributed by atoms with Crippen molar-refractivity contribution in [1.82, 2.24) is 19.5 Å². The van der Waals surface area contributed by atoms with E-state index in [1.807, 2.05) is 36.4 Å². The smallest absolute Gasteiger partial charge is 0.160 e. The third kappa shape index (κ3) is 5.74. The van der Waals surface area contributed by atoms with Crippen LogP contribution in [-0.2, 0) is 0 Å². The maximum atomic E-state index is 5.43. The zero-order valence-electron chi connectivity index (χ0n) is 30.9. The Bertz CT molecular complexity index is 3190. The molecule has 0 atom stereocenters.